The van der Waals surface area contributed by atoms with Crippen molar-refractivity contribution in [3.05, 3.63) is 167 Å². The van der Waals surface area contributed by atoms with Gasteiger partial charge in [-0.05, 0) is 28.8 Å². The van der Waals surface area contributed by atoms with Crippen LogP contribution in [0, 0.1) is 0 Å². The van der Waals surface area contributed by atoms with Gasteiger partial charge in [-0.15, -0.1) is 0 Å². The topological polar surface area (TPSA) is 52.6 Å². The summed E-state index contributed by atoms with van der Waals surface area (Å²) in [5.74, 6) is -0.917. The fraction of sp³-hybridized carbons (Fsp3) is 0.135. The van der Waals surface area contributed by atoms with Crippen LogP contribution in [0.3, 0.4) is 0 Å². The fourth-order valence-electron chi connectivity index (χ4n) is 5.57. The van der Waals surface area contributed by atoms with Crippen LogP contribution in [0.1, 0.15) is 55.2 Å². The molecular formula is C37H32O4. The van der Waals surface area contributed by atoms with E-state index in [4.69, 9.17) is 9.47 Å². The average molecular weight is 541 g/mol. The predicted octanol–water partition coefficient (Wildman–Crippen LogP) is 8.12. The van der Waals surface area contributed by atoms with Crippen molar-refractivity contribution in [1.29, 1.82) is 0 Å². The summed E-state index contributed by atoms with van der Waals surface area (Å²) in [6.45, 7) is 0. The van der Waals surface area contributed by atoms with Gasteiger partial charge in [0.2, 0.25) is 0 Å². The molecule has 4 heteroatoms. The van der Waals surface area contributed by atoms with Gasteiger partial charge in [0.15, 0.2) is 23.1 Å². The molecule has 2 atom stereocenters. The SMILES string of the molecule is COc1ccc(C(C(C(=O)c2ccccc2)c2ccccc2)C(C(=O)c2ccccc2)c2ccccc2)cc1OC. The Bertz CT molecular complexity index is 1490. The standard InChI is InChI=1S/C37H32O4/c1-40-31-24-23-30(25-32(31)41-2)33(34(26-15-7-3-8-16-26)36(38)28-19-11-5-12-20-28)35(27-17-9-4-10-18-27)37(39)29-21-13-6-14-22-29/h3-25,33-35H,1-2H3. The number of carbonyl (C=O) groups is 2. The lowest BCUT2D eigenvalue weighted by Crippen LogP contribution is -2.30. The zero-order chi connectivity index (χ0) is 28.6. The number of hydrogen-bond acceptors (Lipinski definition) is 4. The molecule has 0 heterocycles. The number of methoxy groups -OCH3 is 2. The molecule has 5 aromatic rings. The monoisotopic (exact) mass is 540 g/mol. The van der Waals surface area contributed by atoms with Gasteiger partial charge in [-0.3, -0.25) is 9.59 Å². The summed E-state index contributed by atoms with van der Waals surface area (Å²) in [6.07, 6.45) is 0. The Labute approximate surface area is 241 Å². The highest BCUT2D eigenvalue weighted by molar-refractivity contribution is 6.05. The lowest BCUT2D eigenvalue weighted by atomic mass is 9.67. The zero-order valence-electron chi connectivity index (χ0n) is 23.1. The van der Waals surface area contributed by atoms with Crippen LogP contribution in [0.4, 0.5) is 0 Å². The number of ketones is 2. The first-order valence-electron chi connectivity index (χ1n) is 13.6. The maximum absolute atomic E-state index is 14.6. The van der Waals surface area contributed by atoms with Gasteiger partial charge in [-0.2, -0.15) is 0 Å². The summed E-state index contributed by atoms with van der Waals surface area (Å²) < 4.78 is 11.2. The molecular weight excluding hydrogens is 508 g/mol. The van der Waals surface area contributed by atoms with E-state index in [-0.39, 0.29) is 11.6 Å². The molecule has 0 radical (unpaired) electrons. The van der Waals surface area contributed by atoms with E-state index in [0.29, 0.717) is 22.6 Å². The van der Waals surface area contributed by atoms with Crippen LogP contribution in [-0.4, -0.2) is 25.8 Å². The van der Waals surface area contributed by atoms with Crippen molar-refractivity contribution in [3.8, 4) is 11.5 Å². The zero-order valence-corrected chi connectivity index (χ0v) is 23.1. The molecule has 0 aliphatic carbocycles. The van der Waals surface area contributed by atoms with Crippen molar-refractivity contribution < 1.29 is 19.1 Å². The molecule has 0 fully saturated rings. The van der Waals surface area contributed by atoms with Gasteiger partial charge >= 0.3 is 0 Å². The van der Waals surface area contributed by atoms with E-state index in [0.717, 1.165) is 16.7 Å². The van der Waals surface area contributed by atoms with Crippen molar-refractivity contribution in [2.24, 2.45) is 0 Å². The number of ether oxygens (including phenoxy) is 2. The molecule has 0 saturated carbocycles. The van der Waals surface area contributed by atoms with Crippen LogP contribution in [0.5, 0.6) is 11.5 Å². The largest absolute Gasteiger partial charge is 0.493 e. The molecule has 5 aromatic carbocycles. The minimum Gasteiger partial charge on any atom is -0.493 e. The van der Waals surface area contributed by atoms with E-state index in [1.807, 2.05) is 140 Å². The lowest BCUT2D eigenvalue weighted by Gasteiger charge is -2.34. The average Bonchev–Trinajstić information content (AvgIpc) is 3.05. The van der Waals surface area contributed by atoms with E-state index in [1.54, 1.807) is 14.2 Å². The summed E-state index contributed by atoms with van der Waals surface area (Å²) in [4.78, 5) is 29.1. The molecule has 0 bridgehead atoms. The summed E-state index contributed by atoms with van der Waals surface area (Å²) >= 11 is 0. The molecule has 5 rings (SSSR count). The van der Waals surface area contributed by atoms with Crippen molar-refractivity contribution in [1.82, 2.24) is 0 Å². The second kappa shape index (κ2) is 12.9. The van der Waals surface area contributed by atoms with Gasteiger partial charge in [-0.25, -0.2) is 0 Å². The number of hydrogen-bond donors (Lipinski definition) is 0. The highest BCUT2D eigenvalue weighted by Crippen LogP contribution is 2.48. The first-order valence-corrected chi connectivity index (χ1v) is 13.6. The normalized spacial score (nSPS) is 13.0. The third-order valence-corrected chi connectivity index (χ3v) is 7.51. The third-order valence-electron chi connectivity index (χ3n) is 7.51. The summed E-state index contributed by atoms with van der Waals surface area (Å²) in [5, 5.41) is 0. The second-order valence-electron chi connectivity index (χ2n) is 9.88. The number of carbonyl (C=O) groups excluding carboxylic acids is 2. The van der Waals surface area contributed by atoms with E-state index in [2.05, 4.69) is 0 Å². The smallest absolute Gasteiger partial charge is 0.170 e. The van der Waals surface area contributed by atoms with Crippen molar-refractivity contribution in [3.63, 3.8) is 0 Å². The Hall–Kier alpha value is -4.96. The van der Waals surface area contributed by atoms with Crippen LogP contribution in [0.2, 0.25) is 0 Å². The maximum Gasteiger partial charge on any atom is 0.170 e. The lowest BCUT2D eigenvalue weighted by molar-refractivity contribution is 0.0899. The molecule has 0 aliphatic rings. The fourth-order valence-corrected chi connectivity index (χ4v) is 5.57. The first-order chi connectivity index (χ1) is 20.1. The Morgan fingerprint density at radius 2 is 0.854 bits per heavy atom. The Morgan fingerprint density at radius 1 is 0.463 bits per heavy atom. The van der Waals surface area contributed by atoms with Crippen LogP contribution in [-0.2, 0) is 0 Å². The maximum atomic E-state index is 14.6. The molecule has 0 N–H and O–H groups in total. The molecule has 0 amide bonds. The van der Waals surface area contributed by atoms with Gasteiger partial charge in [-0.1, -0.05) is 127 Å². The third kappa shape index (κ3) is 5.97. The number of Topliss-reactive ketones (excluding diaryl/α,β-unsaturated/α-hetero) is 2. The van der Waals surface area contributed by atoms with Gasteiger partial charge < -0.3 is 9.47 Å². The van der Waals surface area contributed by atoms with Crippen molar-refractivity contribution in [2.45, 2.75) is 17.8 Å². The summed E-state index contributed by atoms with van der Waals surface area (Å²) in [5.41, 5.74) is 3.65. The van der Waals surface area contributed by atoms with Crippen LogP contribution in [0.15, 0.2) is 140 Å². The molecule has 0 aromatic heterocycles. The molecule has 0 spiro atoms. The van der Waals surface area contributed by atoms with Crippen LogP contribution in [0.25, 0.3) is 0 Å². The number of rotatable bonds is 11. The van der Waals surface area contributed by atoms with Crippen molar-refractivity contribution in [2.75, 3.05) is 14.2 Å². The van der Waals surface area contributed by atoms with Gasteiger partial charge in [0.05, 0.1) is 26.1 Å². The van der Waals surface area contributed by atoms with Crippen LogP contribution >= 0.6 is 0 Å². The number of benzene rings is 5. The quantitative estimate of drug-likeness (QED) is 0.159. The van der Waals surface area contributed by atoms with Crippen LogP contribution < -0.4 is 9.47 Å². The molecule has 204 valence electrons. The van der Waals surface area contributed by atoms with E-state index in [9.17, 15) is 9.59 Å². The molecule has 0 saturated heterocycles. The van der Waals surface area contributed by atoms with E-state index in [1.165, 1.54) is 0 Å². The minimum absolute atomic E-state index is 0.0571. The molecule has 41 heavy (non-hydrogen) atoms. The summed E-state index contributed by atoms with van der Waals surface area (Å²) in [6, 6.07) is 43.7. The Morgan fingerprint density at radius 3 is 1.24 bits per heavy atom. The first kappa shape index (κ1) is 27.6. The van der Waals surface area contributed by atoms with Gasteiger partial charge in [0.1, 0.15) is 0 Å². The van der Waals surface area contributed by atoms with Gasteiger partial charge in [0, 0.05) is 17.0 Å². The second-order valence-corrected chi connectivity index (χ2v) is 9.88. The van der Waals surface area contributed by atoms with Crippen molar-refractivity contribution >= 4 is 11.6 Å². The summed E-state index contributed by atoms with van der Waals surface area (Å²) in [7, 11) is 3.18. The Balaban J connectivity index is 1.81. The molecule has 2 unspecified atom stereocenters. The molecule has 4 nitrogen and oxygen atoms in total. The van der Waals surface area contributed by atoms with E-state index >= 15 is 0 Å². The highest BCUT2D eigenvalue weighted by atomic mass is 16.5. The highest BCUT2D eigenvalue weighted by Gasteiger charge is 2.41. The van der Waals surface area contributed by atoms with Gasteiger partial charge in [0.25, 0.3) is 0 Å². The predicted molar refractivity (Wildman–Crippen MR) is 162 cm³/mol. The Kier molecular flexibility index (Phi) is 8.70. The van der Waals surface area contributed by atoms with E-state index < -0.39 is 17.8 Å². The minimum atomic E-state index is -0.672. The molecule has 0 aliphatic heterocycles.